The zero-order valence-electron chi connectivity index (χ0n) is 13.3. The van der Waals surface area contributed by atoms with Gasteiger partial charge in [-0.1, -0.05) is 13.3 Å². The average Bonchev–Trinajstić information content (AvgIpc) is 2.88. The summed E-state index contributed by atoms with van der Waals surface area (Å²) in [6.45, 7) is 2.64. The lowest BCUT2D eigenvalue weighted by Gasteiger charge is -2.32. The molecule has 4 N–H and O–H groups in total. The summed E-state index contributed by atoms with van der Waals surface area (Å²) >= 11 is 0. The third-order valence-corrected chi connectivity index (χ3v) is 4.19. The highest BCUT2D eigenvalue weighted by molar-refractivity contribution is 5.85. The van der Waals surface area contributed by atoms with E-state index in [4.69, 9.17) is 5.73 Å². The summed E-state index contributed by atoms with van der Waals surface area (Å²) in [7, 11) is 1.80. The first-order valence-corrected chi connectivity index (χ1v) is 7.73. The van der Waals surface area contributed by atoms with Crippen LogP contribution >= 0.6 is 12.4 Å². The number of nitrogens with one attached hydrogen (secondary N) is 1. The molecule has 2 rings (SSSR count). The van der Waals surface area contributed by atoms with E-state index in [-0.39, 0.29) is 30.3 Å². The molecule has 0 spiro atoms. The average molecular weight is 331 g/mol. The summed E-state index contributed by atoms with van der Waals surface area (Å²) < 4.78 is 0. The number of carbonyl (C=O) groups is 1. The van der Waals surface area contributed by atoms with Gasteiger partial charge in [-0.2, -0.15) is 5.10 Å². The first kappa shape index (κ1) is 18.9. The van der Waals surface area contributed by atoms with E-state index in [0.717, 1.165) is 30.7 Å². The Bertz CT molecular complexity index is 480. The van der Waals surface area contributed by atoms with E-state index in [9.17, 15) is 9.90 Å². The largest absolute Gasteiger partial charge is 0.391 e. The van der Waals surface area contributed by atoms with Gasteiger partial charge in [0.25, 0.3) is 0 Å². The second kappa shape index (κ2) is 8.50. The summed E-state index contributed by atoms with van der Waals surface area (Å²) in [5.74, 6) is -0.0459. The van der Waals surface area contributed by atoms with Crippen molar-refractivity contribution in [3.05, 3.63) is 17.5 Å². The van der Waals surface area contributed by atoms with Gasteiger partial charge in [-0.3, -0.25) is 9.89 Å². The second-order valence-electron chi connectivity index (χ2n) is 6.07. The van der Waals surface area contributed by atoms with Crippen molar-refractivity contribution < 1.29 is 9.90 Å². The van der Waals surface area contributed by atoms with Crippen molar-refractivity contribution >= 4 is 18.3 Å². The summed E-state index contributed by atoms with van der Waals surface area (Å²) in [6.07, 6.45) is 3.36. The third kappa shape index (κ3) is 4.69. The smallest absolute Gasteiger partial charge is 0.225 e. The number of aromatic nitrogens is 2. The quantitative estimate of drug-likeness (QED) is 0.756. The first-order valence-electron chi connectivity index (χ1n) is 7.73. The number of hydrogen-bond acceptors (Lipinski definition) is 4. The summed E-state index contributed by atoms with van der Waals surface area (Å²) in [5, 5.41) is 17.0. The van der Waals surface area contributed by atoms with Crippen molar-refractivity contribution in [3.8, 4) is 0 Å². The van der Waals surface area contributed by atoms with Crippen molar-refractivity contribution in [2.24, 2.45) is 11.7 Å². The molecule has 0 unspecified atom stereocenters. The van der Waals surface area contributed by atoms with E-state index in [0.29, 0.717) is 19.4 Å². The van der Waals surface area contributed by atoms with Crippen molar-refractivity contribution in [2.75, 3.05) is 7.05 Å². The topological polar surface area (TPSA) is 95.2 Å². The van der Waals surface area contributed by atoms with Crippen LogP contribution in [0, 0.1) is 5.92 Å². The molecule has 0 aliphatic heterocycles. The van der Waals surface area contributed by atoms with E-state index in [2.05, 4.69) is 17.1 Å². The molecule has 0 saturated heterocycles. The molecule has 126 valence electrons. The molecule has 1 aliphatic carbocycles. The van der Waals surface area contributed by atoms with Crippen LogP contribution in [0.15, 0.2) is 6.07 Å². The van der Waals surface area contributed by atoms with Crippen molar-refractivity contribution in [1.82, 2.24) is 15.1 Å². The SMILES string of the molecule is CCCc1cc(CN(C)C(=O)[C@H]2CC[C@H](N)[C@@H](O)C2)[nH]n1.Cl. The van der Waals surface area contributed by atoms with Crippen molar-refractivity contribution in [3.63, 3.8) is 0 Å². The highest BCUT2D eigenvalue weighted by Gasteiger charge is 2.32. The van der Waals surface area contributed by atoms with E-state index in [1.165, 1.54) is 0 Å². The number of aliphatic hydroxyl groups is 1. The van der Waals surface area contributed by atoms with E-state index in [1.807, 2.05) is 6.07 Å². The molecule has 0 radical (unpaired) electrons. The maximum atomic E-state index is 12.4. The maximum Gasteiger partial charge on any atom is 0.225 e. The highest BCUT2D eigenvalue weighted by Crippen LogP contribution is 2.25. The number of hydrogen-bond donors (Lipinski definition) is 3. The van der Waals surface area contributed by atoms with E-state index in [1.54, 1.807) is 11.9 Å². The fourth-order valence-corrected chi connectivity index (χ4v) is 2.91. The van der Waals surface area contributed by atoms with Crippen LogP contribution in [0.3, 0.4) is 0 Å². The van der Waals surface area contributed by atoms with Crippen LogP contribution in [0.5, 0.6) is 0 Å². The molecule has 6 nitrogen and oxygen atoms in total. The number of nitrogens with two attached hydrogens (primary N) is 1. The molecule has 1 saturated carbocycles. The Morgan fingerprint density at radius 2 is 2.27 bits per heavy atom. The zero-order chi connectivity index (χ0) is 15.4. The monoisotopic (exact) mass is 330 g/mol. The van der Waals surface area contributed by atoms with Crippen LogP contribution in [0.4, 0.5) is 0 Å². The minimum atomic E-state index is -0.565. The Morgan fingerprint density at radius 1 is 1.55 bits per heavy atom. The number of aryl methyl sites for hydroxylation is 1. The number of amides is 1. The Labute approximate surface area is 137 Å². The van der Waals surface area contributed by atoms with Crippen LogP contribution in [-0.4, -0.2) is 45.3 Å². The fourth-order valence-electron chi connectivity index (χ4n) is 2.91. The molecule has 1 fully saturated rings. The standard InChI is InChI=1S/C15H26N4O2.ClH/c1-3-4-11-8-12(18-17-11)9-19(2)15(21)10-5-6-13(16)14(20)7-10;/h8,10,13-14,20H,3-7,9,16H2,1-2H3,(H,17,18);1H/t10-,13-,14-;/m0./s1. The number of H-pyrrole nitrogens is 1. The molecule has 3 atom stereocenters. The van der Waals surface area contributed by atoms with Crippen molar-refractivity contribution in [1.29, 1.82) is 0 Å². The lowest BCUT2D eigenvalue weighted by Crippen LogP contribution is -2.44. The number of rotatable bonds is 5. The second-order valence-corrected chi connectivity index (χ2v) is 6.07. The summed E-state index contributed by atoms with van der Waals surface area (Å²) in [5.41, 5.74) is 7.76. The number of aromatic amines is 1. The first-order chi connectivity index (χ1) is 10.0. The number of aliphatic hydroxyl groups excluding tert-OH is 1. The minimum absolute atomic E-state index is 0. The van der Waals surface area contributed by atoms with Crippen LogP contribution in [0.25, 0.3) is 0 Å². The molecule has 7 heteroatoms. The van der Waals surface area contributed by atoms with Crippen LogP contribution in [-0.2, 0) is 17.8 Å². The number of nitrogens with zero attached hydrogens (tertiary/aromatic N) is 2. The number of halogens is 1. The third-order valence-electron chi connectivity index (χ3n) is 4.19. The fraction of sp³-hybridized carbons (Fsp3) is 0.733. The molecule has 1 aromatic heterocycles. The van der Waals surface area contributed by atoms with Gasteiger partial charge in [-0.05, 0) is 31.7 Å². The molecule has 1 amide bonds. The Balaban J connectivity index is 0.00000242. The Morgan fingerprint density at radius 3 is 2.91 bits per heavy atom. The predicted molar refractivity (Wildman–Crippen MR) is 87.6 cm³/mol. The summed E-state index contributed by atoms with van der Waals surface area (Å²) in [6, 6.07) is 1.82. The predicted octanol–water partition coefficient (Wildman–Crippen LogP) is 1.23. The lowest BCUT2D eigenvalue weighted by molar-refractivity contribution is -0.137. The Hall–Kier alpha value is -1.11. The lowest BCUT2D eigenvalue weighted by atomic mass is 9.83. The van der Waals surface area contributed by atoms with Crippen LogP contribution in [0.2, 0.25) is 0 Å². The maximum absolute atomic E-state index is 12.4. The molecule has 1 heterocycles. The molecular weight excluding hydrogens is 304 g/mol. The number of carbonyl (C=O) groups excluding carboxylic acids is 1. The summed E-state index contributed by atoms with van der Waals surface area (Å²) in [4.78, 5) is 14.1. The Kier molecular flexibility index (Phi) is 7.32. The van der Waals surface area contributed by atoms with Gasteiger partial charge in [0.1, 0.15) is 0 Å². The molecule has 1 aromatic rings. The van der Waals surface area contributed by atoms with Gasteiger partial charge in [0, 0.05) is 19.0 Å². The molecular formula is C15H27ClN4O2. The zero-order valence-corrected chi connectivity index (χ0v) is 14.1. The van der Waals surface area contributed by atoms with Gasteiger partial charge < -0.3 is 15.7 Å². The van der Waals surface area contributed by atoms with Gasteiger partial charge in [0.15, 0.2) is 0 Å². The molecule has 0 aromatic carbocycles. The van der Waals surface area contributed by atoms with Crippen molar-refractivity contribution in [2.45, 2.75) is 57.7 Å². The van der Waals surface area contributed by atoms with Crippen LogP contribution in [0.1, 0.15) is 44.0 Å². The minimum Gasteiger partial charge on any atom is -0.391 e. The van der Waals surface area contributed by atoms with Gasteiger partial charge >= 0.3 is 0 Å². The normalized spacial score (nSPS) is 24.6. The van der Waals surface area contributed by atoms with E-state index >= 15 is 0 Å². The van der Waals surface area contributed by atoms with Gasteiger partial charge in [0.2, 0.25) is 5.91 Å². The van der Waals surface area contributed by atoms with Gasteiger partial charge in [0.05, 0.1) is 24.0 Å². The van der Waals surface area contributed by atoms with Crippen LogP contribution < -0.4 is 5.73 Å². The van der Waals surface area contributed by atoms with E-state index < -0.39 is 6.10 Å². The van der Waals surface area contributed by atoms with Gasteiger partial charge in [-0.25, -0.2) is 0 Å². The molecule has 0 bridgehead atoms. The highest BCUT2D eigenvalue weighted by atomic mass is 35.5. The molecule has 1 aliphatic rings. The van der Waals surface area contributed by atoms with Gasteiger partial charge in [-0.15, -0.1) is 12.4 Å². The molecule has 22 heavy (non-hydrogen) atoms.